The van der Waals surface area contributed by atoms with E-state index >= 15 is 0 Å². The molecule has 2 rings (SSSR count). The molecule has 0 fully saturated rings. The second kappa shape index (κ2) is 6.66. The Bertz CT molecular complexity index is 654. The Hall–Kier alpha value is -1.60. The predicted octanol–water partition coefficient (Wildman–Crippen LogP) is 1.19. The molecule has 0 saturated heterocycles. The number of benzene rings is 1. The molecule has 22 heavy (non-hydrogen) atoms. The highest BCUT2D eigenvalue weighted by molar-refractivity contribution is 7.89. The summed E-state index contributed by atoms with van der Waals surface area (Å²) in [6, 6.07) is 4.55. The lowest BCUT2D eigenvalue weighted by atomic mass is 10.1. The zero-order chi connectivity index (χ0) is 16.3. The van der Waals surface area contributed by atoms with Crippen LogP contribution in [0.3, 0.4) is 0 Å². The molecule has 0 amide bonds. The first kappa shape index (κ1) is 16.8. The zero-order valence-corrected chi connectivity index (χ0v) is 13.5. The third kappa shape index (κ3) is 4.20. The highest BCUT2D eigenvalue weighted by atomic mass is 32.2. The lowest BCUT2D eigenvalue weighted by Gasteiger charge is -2.18. The van der Waals surface area contributed by atoms with Crippen LogP contribution in [0.15, 0.2) is 18.2 Å². The zero-order valence-electron chi connectivity index (χ0n) is 12.7. The van der Waals surface area contributed by atoms with Crippen molar-refractivity contribution in [3.05, 3.63) is 29.3 Å². The fourth-order valence-electron chi connectivity index (χ4n) is 2.37. The summed E-state index contributed by atoms with van der Waals surface area (Å²) in [5.74, 6) is -0.753. The summed E-state index contributed by atoms with van der Waals surface area (Å²) >= 11 is 0. The molecule has 1 atom stereocenters. The molecule has 0 aliphatic carbocycles. The van der Waals surface area contributed by atoms with E-state index in [0.717, 1.165) is 23.3 Å². The van der Waals surface area contributed by atoms with Crippen molar-refractivity contribution in [2.75, 3.05) is 12.4 Å². The van der Waals surface area contributed by atoms with Crippen molar-refractivity contribution < 1.29 is 23.1 Å². The van der Waals surface area contributed by atoms with Gasteiger partial charge in [0, 0.05) is 6.42 Å². The number of hydrogen-bond acceptors (Lipinski definition) is 4. The van der Waals surface area contributed by atoms with Gasteiger partial charge in [-0.15, -0.1) is 0 Å². The van der Waals surface area contributed by atoms with E-state index in [-0.39, 0.29) is 11.7 Å². The average molecular weight is 327 g/mol. The number of sulfonamides is 1. The Morgan fingerprint density at radius 1 is 1.41 bits per heavy atom. The molecule has 2 N–H and O–H groups in total. The number of carboxylic acid groups (broad SMARTS) is 1. The quantitative estimate of drug-likeness (QED) is 0.785. The van der Waals surface area contributed by atoms with Gasteiger partial charge in [-0.05, 0) is 29.5 Å². The minimum absolute atomic E-state index is 0.136. The van der Waals surface area contributed by atoms with Gasteiger partial charge in [0.1, 0.15) is 11.8 Å². The highest BCUT2D eigenvalue weighted by Crippen LogP contribution is 2.26. The van der Waals surface area contributed by atoms with Crippen LogP contribution >= 0.6 is 0 Å². The molecule has 0 bridgehead atoms. The van der Waals surface area contributed by atoms with Crippen LogP contribution in [0.1, 0.15) is 25.0 Å². The van der Waals surface area contributed by atoms with Crippen LogP contribution in [0.2, 0.25) is 0 Å². The summed E-state index contributed by atoms with van der Waals surface area (Å²) in [5, 5.41) is 9.06. The number of hydrogen-bond donors (Lipinski definition) is 2. The maximum absolute atomic E-state index is 12.1. The largest absolute Gasteiger partial charge is 0.493 e. The smallest absolute Gasteiger partial charge is 0.321 e. The molecule has 1 aromatic carbocycles. The Morgan fingerprint density at radius 3 is 2.77 bits per heavy atom. The predicted molar refractivity (Wildman–Crippen MR) is 82.5 cm³/mol. The van der Waals surface area contributed by atoms with Crippen LogP contribution in [0.25, 0.3) is 0 Å². The fraction of sp³-hybridized carbons (Fsp3) is 0.533. The van der Waals surface area contributed by atoms with E-state index in [1.807, 2.05) is 18.2 Å². The van der Waals surface area contributed by atoms with Gasteiger partial charge < -0.3 is 9.84 Å². The molecule has 1 heterocycles. The van der Waals surface area contributed by atoms with Crippen molar-refractivity contribution in [2.24, 2.45) is 5.92 Å². The number of fused-ring (bicyclic) bond motifs is 1. The van der Waals surface area contributed by atoms with E-state index in [9.17, 15) is 13.2 Å². The molecule has 122 valence electrons. The Kier molecular flexibility index (Phi) is 5.08. The Morgan fingerprint density at radius 2 is 2.14 bits per heavy atom. The summed E-state index contributed by atoms with van der Waals surface area (Å²) < 4.78 is 31.8. The molecule has 1 aromatic rings. The lowest BCUT2D eigenvalue weighted by molar-refractivity contribution is -0.140. The first-order valence-electron chi connectivity index (χ1n) is 7.26. The number of ether oxygens (including phenoxy) is 1. The van der Waals surface area contributed by atoms with Crippen LogP contribution in [0, 0.1) is 5.92 Å². The number of rotatable bonds is 7. The second-order valence-electron chi connectivity index (χ2n) is 5.79. The average Bonchev–Trinajstić information content (AvgIpc) is 2.89. The Labute approximate surface area is 130 Å². The van der Waals surface area contributed by atoms with E-state index in [1.165, 1.54) is 0 Å². The van der Waals surface area contributed by atoms with E-state index in [1.54, 1.807) is 13.8 Å². The third-order valence-corrected chi connectivity index (χ3v) is 5.01. The molecule has 0 radical (unpaired) electrons. The molecule has 0 saturated carbocycles. The molecular formula is C15H21NO5S. The van der Waals surface area contributed by atoms with Crippen LogP contribution < -0.4 is 9.46 Å². The topological polar surface area (TPSA) is 92.7 Å². The molecule has 1 aliphatic rings. The first-order valence-corrected chi connectivity index (χ1v) is 8.91. The third-order valence-electron chi connectivity index (χ3n) is 3.65. The van der Waals surface area contributed by atoms with E-state index in [4.69, 9.17) is 9.84 Å². The lowest BCUT2D eigenvalue weighted by Crippen LogP contribution is -2.45. The Balaban J connectivity index is 1.99. The molecule has 7 heteroatoms. The van der Waals surface area contributed by atoms with Crippen LogP contribution in [0.5, 0.6) is 5.75 Å². The number of carbonyl (C=O) groups is 1. The van der Waals surface area contributed by atoms with Gasteiger partial charge in [-0.3, -0.25) is 4.79 Å². The van der Waals surface area contributed by atoms with Gasteiger partial charge in [-0.2, -0.15) is 0 Å². The molecule has 0 aromatic heterocycles. The van der Waals surface area contributed by atoms with E-state index in [0.29, 0.717) is 13.0 Å². The van der Waals surface area contributed by atoms with Crippen molar-refractivity contribution in [1.29, 1.82) is 0 Å². The second-order valence-corrected chi connectivity index (χ2v) is 7.66. The summed E-state index contributed by atoms with van der Waals surface area (Å²) in [6.07, 6.45) is 1.18. The van der Waals surface area contributed by atoms with Gasteiger partial charge in [0.05, 0.1) is 12.4 Å². The summed E-state index contributed by atoms with van der Waals surface area (Å²) in [7, 11) is -3.65. The summed E-state index contributed by atoms with van der Waals surface area (Å²) in [6.45, 7) is 4.00. The van der Waals surface area contributed by atoms with Crippen molar-refractivity contribution in [2.45, 2.75) is 32.7 Å². The summed E-state index contributed by atoms with van der Waals surface area (Å²) in [4.78, 5) is 11.1. The van der Waals surface area contributed by atoms with Crippen molar-refractivity contribution >= 4 is 16.0 Å². The maximum Gasteiger partial charge on any atom is 0.321 e. The van der Waals surface area contributed by atoms with Crippen molar-refractivity contribution in [3.8, 4) is 5.75 Å². The maximum atomic E-state index is 12.1. The van der Waals surface area contributed by atoms with Crippen LogP contribution in [0.4, 0.5) is 0 Å². The molecule has 6 nitrogen and oxygen atoms in total. The molecule has 1 aliphatic heterocycles. The molecule has 0 unspecified atom stereocenters. The number of aliphatic carboxylic acids is 1. The van der Waals surface area contributed by atoms with Gasteiger partial charge in [-0.1, -0.05) is 26.0 Å². The molecule has 0 spiro atoms. The number of aryl methyl sites for hydroxylation is 1. The van der Waals surface area contributed by atoms with E-state index < -0.39 is 22.0 Å². The number of nitrogens with one attached hydrogen (secondary N) is 1. The van der Waals surface area contributed by atoms with E-state index in [2.05, 4.69) is 4.72 Å². The van der Waals surface area contributed by atoms with Crippen molar-refractivity contribution in [1.82, 2.24) is 4.72 Å². The minimum Gasteiger partial charge on any atom is -0.493 e. The van der Waals surface area contributed by atoms with Crippen LogP contribution in [-0.2, 0) is 27.7 Å². The van der Waals surface area contributed by atoms with Gasteiger partial charge in [-0.25, -0.2) is 13.1 Å². The van der Waals surface area contributed by atoms with Gasteiger partial charge in [0.15, 0.2) is 0 Å². The van der Waals surface area contributed by atoms with Crippen LogP contribution in [-0.4, -0.2) is 37.9 Å². The number of carboxylic acids is 1. The SMILES string of the molecule is CC(C)[C@H](NS(=O)(=O)CCc1ccc2c(c1)CCO2)C(=O)O. The van der Waals surface area contributed by atoms with Crippen molar-refractivity contribution in [3.63, 3.8) is 0 Å². The highest BCUT2D eigenvalue weighted by Gasteiger charge is 2.26. The standard InChI is InChI=1S/C15H21NO5S/c1-10(2)14(15(17)18)16-22(19,20)8-6-11-3-4-13-12(9-11)5-7-21-13/h3-4,9-10,14,16H,5-8H2,1-2H3,(H,17,18)/t14-/m0/s1. The van der Waals surface area contributed by atoms with Gasteiger partial charge in [0.25, 0.3) is 0 Å². The fourth-order valence-corrected chi connectivity index (χ4v) is 3.75. The summed E-state index contributed by atoms with van der Waals surface area (Å²) in [5.41, 5.74) is 2.00. The normalized spacial score (nSPS) is 15.4. The van der Waals surface area contributed by atoms with Gasteiger partial charge in [0.2, 0.25) is 10.0 Å². The molecular weight excluding hydrogens is 306 g/mol. The monoisotopic (exact) mass is 327 g/mol. The van der Waals surface area contributed by atoms with Gasteiger partial charge >= 0.3 is 5.97 Å². The first-order chi connectivity index (χ1) is 10.3. The minimum atomic E-state index is -3.65.